The quantitative estimate of drug-likeness (QED) is 0.751. The lowest BCUT2D eigenvalue weighted by Crippen LogP contribution is -2.05. The van der Waals surface area contributed by atoms with Gasteiger partial charge in [0.05, 0.1) is 4.88 Å². The zero-order valence-electron chi connectivity index (χ0n) is 8.57. The first-order chi connectivity index (χ1) is 8.27. The maximum Gasteiger partial charge on any atom is 0.352 e. The molecule has 0 saturated carbocycles. The number of hydrogen-bond donors (Lipinski definition) is 1. The number of nitrogens with zero attached hydrogens (tertiary/aromatic N) is 3. The van der Waals surface area contributed by atoms with Gasteiger partial charge in [0.25, 0.3) is 0 Å². The van der Waals surface area contributed by atoms with Crippen LogP contribution in [-0.2, 0) is 0 Å². The first-order valence-corrected chi connectivity index (χ1v) is 5.76. The van der Waals surface area contributed by atoms with Crippen molar-refractivity contribution in [1.29, 1.82) is 0 Å². The number of carbonyl (C=O) groups is 1. The van der Waals surface area contributed by atoms with Crippen molar-refractivity contribution >= 4 is 23.0 Å². The smallest absolute Gasteiger partial charge is 0.352 e. The van der Waals surface area contributed by atoms with Gasteiger partial charge in [0.2, 0.25) is 0 Å². The Morgan fingerprint density at radius 3 is 2.82 bits per heavy atom. The second-order valence-electron chi connectivity index (χ2n) is 3.41. The van der Waals surface area contributed by atoms with Gasteiger partial charge in [-0.1, -0.05) is 12.1 Å². The summed E-state index contributed by atoms with van der Waals surface area (Å²) in [5, 5.41) is 19.1. The molecule has 0 radical (unpaired) electrons. The summed E-state index contributed by atoms with van der Waals surface area (Å²) in [5.41, 5.74) is 0.698. The van der Waals surface area contributed by atoms with Crippen molar-refractivity contribution in [3.8, 4) is 10.7 Å². The average Bonchev–Trinajstić information content (AvgIpc) is 2.96. The van der Waals surface area contributed by atoms with E-state index in [4.69, 9.17) is 5.11 Å². The van der Waals surface area contributed by atoms with Gasteiger partial charge in [-0.05, 0) is 23.6 Å². The molecular weight excluding hydrogens is 238 g/mol. The lowest BCUT2D eigenvalue weighted by Gasteiger charge is -2.01. The summed E-state index contributed by atoms with van der Waals surface area (Å²) in [7, 11) is 0. The Morgan fingerprint density at radius 2 is 2.12 bits per heavy atom. The van der Waals surface area contributed by atoms with Crippen LogP contribution in [0.4, 0.5) is 0 Å². The number of aromatic nitrogens is 3. The molecule has 0 atom stereocenters. The molecule has 3 rings (SSSR count). The van der Waals surface area contributed by atoms with Gasteiger partial charge in [-0.2, -0.15) is 0 Å². The molecule has 3 aromatic heterocycles. The number of thiophene rings is 1. The zero-order valence-corrected chi connectivity index (χ0v) is 9.39. The molecule has 0 bridgehead atoms. The van der Waals surface area contributed by atoms with Gasteiger partial charge >= 0.3 is 5.97 Å². The minimum Gasteiger partial charge on any atom is -0.477 e. The van der Waals surface area contributed by atoms with Gasteiger partial charge < -0.3 is 5.11 Å². The first-order valence-electron chi connectivity index (χ1n) is 4.88. The normalized spacial score (nSPS) is 10.8. The van der Waals surface area contributed by atoms with Crippen LogP contribution in [0.1, 0.15) is 10.5 Å². The van der Waals surface area contributed by atoms with Crippen molar-refractivity contribution in [1.82, 2.24) is 14.6 Å². The second-order valence-corrected chi connectivity index (χ2v) is 4.36. The van der Waals surface area contributed by atoms with Crippen LogP contribution in [0.3, 0.4) is 0 Å². The molecule has 0 amide bonds. The molecule has 0 aliphatic rings. The number of rotatable bonds is 2. The van der Waals surface area contributed by atoms with Gasteiger partial charge in [0.1, 0.15) is 5.69 Å². The molecule has 0 spiro atoms. The highest BCUT2D eigenvalue weighted by atomic mass is 32.1. The number of hydrogen-bond acceptors (Lipinski definition) is 4. The average molecular weight is 245 g/mol. The summed E-state index contributed by atoms with van der Waals surface area (Å²) in [6.07, 6.45) is 0. The lowest BCUT2D eigenvalue weighted by molar-refractivity contribution is 0.0689. The van der Waals surface area contributed by atoms with Crippen LogP contribution >= 0.6 is 11.3 Å². The molecule has 6 heteroatoms. The van der Waals surface area contributed by atoms with E-state index < -0.39 is 5.97 Å². The van der Waals surface area contributed by atoms with Gasteiger partial charge in [0, 0.05) is 0 Å². The fourth-order valence-corrected chi connectivity index (χ4v) is 2.37. The van der Waals surface area contributed by atoms with E-state index in [0.717, 1.165) is 4.88 Å². The van der Waals surface area contributed by atoms with Gasteiger partial charge in [-0.25, -0.2) is 4.79 Å². The van der Waals surface area contributed by atoms with Crippen LogP contribution in [0.5, 0.6) is 0 Å². The van der Waals surface area contributed by atoms with Crippen LogP contribution in [-0.4, -0.2) is 25.7 Å². The summed E-state index contributed by atoms with van der Waals surface area (Å²) in [6, 6.07) is 8.71. The largest absolute Gasteiger partial charge is 0.477 e. The predicted octanol–water partition coefficient (Wildman–Crippen LogP) is 2.16. The highest BCUT2D eigenvalue weighted by Gasteiger charge is 2.15. The van der Waals surface area contributed by atoms with E-state index in [1.807, 2.05) is 17.5 Å². The van der Waals surface area contributed by atoms with Crippen LogP contribution in [0.15, 0.2) is 35.7 Å². The maximum atomic E-state index is 11.2. The van der Waals surface area contributed by atoms with Crippen LogP contribution in [0.2, 0.25) is 0 Å². The van der Waals surface area contributed by atoms with Crippen LogP contribution in [0.25, 0.3) is 16.3 Å². The fraction of sp³-hybridized carbons (Fsp3) is 0. The van der Waals surface area contributed by atoms with E-state index in [-0.39, 0.29) is 5.69 Å². The van der Waals surface area contributed by atoms with E-state index in [1.165, 1.54) is 17.4 Å². The third-order valence-corrected chi connectivity index (χ3v) is 3.25. The van der Waals surface area contributed by atoms with E-state index in [0.29, 0.717) is 11.5 Å². The van der Waals surface area contributed by atoms with Gasteiger partial charge in [-0.3, -0.25) is 4.40 Å². The molecule has 0 unspecified atom stereocenters. The van der Waals surface area contributed by atoms with E-state index in [1.54, 1.807) is 16.5 Å². The summed E-state index contributed by atoms with van der Waals surface area (Å²) < 4.78 is 1.55. The van der Waals surface area contributed by atoms with Crippen molar-refractivity contribution in [2.75, 3.05) is 0 Å². The van der Waals surface area contributed by atoms with Crippen LogP contribution < -0.4 is 0 Å². The van der Waals surface area contributed by atoms with Gasteiger partial charge in [-0.15, -0.1) is 21.5 Å². The van der Waals surface area contributed by atoms with Crippen molar-refractivity contribution < 1.29 is 9.90 Å². The Kier molecular flexibility index (Phi) is 2.15. The van der Waals surface area contributed by atoms with Crippen molar-refractivity contribution in [2.24, 2.45) is 0 Å². The molecule has 3 aromatic rings. The molecule has 5 nitrogen and oxygen atoms in total. The molecule has 0 aliphatic carbocycles. The minimum atomic E-state index is -0.992. The Hall–Kier alpha value is -2.21. The zero-order chi connectivity index (χ0) is 11.8. The number of aromatic carboxylic acids is 1. The van der Waals surface area contributed by atoms with Gasteiger partial charge in [0.15, 0.2) is 11.5 Å². The number of fused-ring (bicyclic) bond motifs is 1. The summed E-state index contributed by atoms with van der Waals surface area (Å²) in [6.45, 7) is 0. The number of pyridine rings is 1. The monoisotopic (exact) mass is 245 g/mol. The molecule has 1 N–H and O–H groups in total. The topological polar surface area (TPSA) is 67.5 Å². The SMILES string of the molecule is O=C(O)c1cccc2nnc(-c3cccs3)n12. The molecule has 17 heavy (non-hydrogen) atoms. The molecule has 84 valence electrons. The fourth-order valence-electron chi connectivity index (χ4n) is 1.67. The first kappa shape index (κ1) is 9.98. The summed E-state index contributed by atoms with van der Waals surface area (Å²) in [5.74, 6) is -0.429. The highest BCUT2D eigenvalue weighted by Crippen LogP contribution is 2.24. The van der Waals surface area contributed by atoms with Crippen LogP contribution in [0, 0.1) is 0 Å². The number of carboxylic acids is 1. The third kappa shape index (κ3) is 1.50. The molecule has 0 fully saturated rings. The third-order valence-electron chi connectivity index (χ3n) is 2.39. The lowest BCUT2D eigenvalue weighted by atomic mass is 10.3. The predicted molar refractivity (Wildman–Crippen MR) is 63.3 cm³/mol. The molecule has 0 aromatic carbocycles. The highest BCUT2D eigenvalue weighted by molar-refractivity contribution is 7.13. The molecule has 0 saturated heterocycles. The van der Waals surface area contributed by atoms with Crippen molar-refractivity contribution in [3.05, 3.63) is 41.4 Å². The standard InChI is InChI=1S/C11H7N3O2S/c15-11(16)7-3-1-5-9-12-13-10(14(7)9)8-4-2-6-17-8/h1-6H,(H,15,16). The Morgan fingerprint density at radius 1 is 1.24 bits per heavy atom. The number of carboxylic acid groups (broad SMARTS) is 1. The molecular formula is C11H7N3O2S. The molecule has 0 aliphatic heterocycles. The maximum absolute atomic E-state index is 11.2. The van der Waals surface area contributed by atoms with Crippen molar-refractivity contribution in [3.63, 3.8) is 0 Å². The molecule has 3 heterocycles. The van der Waals surface area contributed by atoms with Crippen molar-refractivity contribution in [2.45, 2.75) is 0 Å². The van der Waals surface area contributed by atoms with E-state index >= 15 is 0 Å². The second kappa shape index (κ2) is 3.67. The Labute approximate surface area is 100.0 Å². The Bertz CT molecular complexity index is 688. The summed E-state index contributed by atoms with van der Waals surface area (Å²) in [4.78, 5) is 12.1. The Balaban J connectivity index is 2.37. The summed E-state index contributed by atoms with van der Waals surface area (Å²) >= 11 is 1.50. The minimum absolute atomic E-state index is 0.163. The van der Waals surface area contributed by atoms with E-state index in [9.17, 15) is 4.79 Å². The van der Waals surface area contributed by atoms with E-state index in [2.05, 4.69) is 10.2 Å².